The predicted octanol–water partition coefficient (Wildman–Crippen LogP) is 3.01. The van der Waals surface area contributed by atoms with Crippen molar-refractivity contribution in [1.82, 2.24) is 9.88 Å². The van der Waals surface area contributed by atoms with Crippen LogP contribution in [0.1, 0.15) is 38.5 Å². The second-order valence-corrected chi connectivity index (χ2v) is 8.05. The lowest BCUT2D eigenvalue weighted by Gasteiger charge is -2.26. The summed E-state index contributed by atoms with van der Waals surface area (Å²) >= 11 is 1.69. The zero-order valence-electron chi connectivity index (χ0n) is 13.1. The Labute approximate surface area is 136 Å². The molecule has 3 fully saturated rings. The smallest absolute Gasteiger partial charge is 0.222 e. The minimum atomic E-state index is 0.401. The Bertz CT molecular complexity index is 518. The first kappa shape index (κ1) is 14.5. The summed E-state index contributed by atoms with van der Waals surface area (Å²) in [6.07, 6.45) is 9.23. The molecule has 0 spiro atoms. The molecule has 22 heavy (non-hydrogen) atoms. The molecule has 1 aliphatic heterocycles. The number of amides is 1. The first-order valence-electron chi connectivity index (χ1n) is 8.72. The molecule has 0 aromatic carbocycles. The molecule has 2 aliphatic carbocycles. The van der Waals surface area contributed by atoms with Gasteiger partial charge in [0.25, 0.3) is 0 Å². The third-order valence-electron chi connectivity index (χ3n) is 5.86. The van der Waals surface area contributed by atoms with E-state index in [9.17, 15) is 4.79 Å². The van der Waals surface area contributed by atoms with Gasteiger partial charge >= 0.3 is 0 Å². The maximum absolute atomic E-state index is 12.7. The van der Waals surface area contributed by atoms with Gasteiger partial charge in [0.2, 0.25) is 5.91 Å². The molecule has 2 heterocycles. The Balaban J connectivity index is 1.32. The quantitative estimate of drug-likeness (QED) is 0.859. The van der Waals surface area contributed by atoms with Crippen LogP contribution in [0.2, 0.25) is 0 Å². The maximum Gasteiger partial charge on any atom is 0.222 e. The number of carbonyl (C=O) groups is 1. The molecule has 120 valence electrons. The lowest BCUT2D eigenvalue weighted by molar-refractivity contribution is -0.132. The largest absolute Gasteiger partial charge is 0.346 e. The molecule has 2 bridgehead atoms. The lowest BCUT2D eigenvalue weighted by atomic mass is 9.86. The number of carbonyl (C=O) groups excluding carboxylic acids is 1. The van der Waals surface area contributed by atoms with E-state index >= 15 is 0 Å². The molecule has 1 saturated heterocycles. The van der Waals surface area contributed by atoms with E-state index in [1.807, 2.05) is 11.6 Å². The van der Waals surface area contributed by atoms with Gasteiger partial charge in [0.1, 0.15) is 0 Å². The highest BCUT2D eigenvalue weighted by molar-refractivity contribution is 7.13. The average Bonchev–Trinajstić information content (AvgIpc) is 3.23. The second kappa shape index (κ2) is 6.19. The first-order valence-corrected chi connectivity index (χ1v) is 9.60. The molecule has 3 atom stereocenters. The van der Waals surface area contributed by atoms with E-state index in [1.165, 1.54) is 25.7 Å². The van der Waals surface area contributed by atoms with Crippen LogP contribution in [0, 0.1) is 17.8 Å². The molecular weight excluding hydrogens is 294 g/mol. The van der Waals surface area contributed by atoms with Gasteiger partial charge in [-0.05, 0) is 43.4 Å². The van der Waals surface area contributed by atoms with E-state index in [2.05, 4.69) is 14.8 Å². The Morgan fingerprint density at radius 3 is 2.91 bits per heavy atom. The molecule has 0 radical (unpaired) electrons. The molecule has 4 rings (SSSR count). The van der Waals surface area contributed by atoms with Crippen LogP contribution in [0.4, 0.5) is 5.13 Å². The van der Waals surface area contributed by atoms with Crippen LogP contribution >= 0.6 is 11.3 Å². The number of hydrogen-bond acceptors (Lipinski definition) is 4. The Morgan fingerprint density at radius 2 is 2.18 bits per heavy atom. The number of fused-ring (bicyclic) bond motifs is 2. The van der Waals surface area contributed by atoms with Crippen LogP contribution in [0.3, 0.4) is 0 Å². The van der Waals surface area contributed by atoms with Gasteiger partial charge in [0.15, 0.2) is 5.13 Å². The van der Waals surface area contributed by atoms with Gasteiger partial charge in [-0.15, -0.1) is 11.3 Å². The third-order valence-corrected chi connectivity index (χ3v) is 6.69. The van der Waals surface area contributed by atoms with Crippen molar-refractivity contribution in [3.05, 3.63) is 11.6 Å². The van der Waals surface area contributed by atoms with Crippen LogP contribution in [0.15, 0.2) is 11.6 Å². The molecule has 0 N–H and O–H groups in total. The fraction of sp³-hybridized carbons (Fsp3) is 0.765. The number of anilines is 1. The fourth-order valence-corrected chi connectivity index (χ4v) is 5.41. The predicted molar refractivity (Wildman–Crippen MR) is 89.1 cm³/mol. The lowest BCUT2D eigenvalue weighted by Crippen LogP contribution is -2.36. The summed E-state index contributed by atoms with van der Waals surface area (Å²) in [5.41, 5.74) is 0. The monoisotopic (exact) mass is 319 g/mol. The van der Waals surface area contributed by atoms with E-state index in [0.717, 1.165) is 56.0 Å². The van der Waals surface area contributed by atoms with Gasteiger partial charge in [0.05, 0.1) is 0 Å². The normalized spacial score (nSPS) is 31.5. The van der Waals surface area contributed by atoms with Gasteiger partial charge in [-0.3, -0.25) is 4.79 Å². The summed E-state index contributed by atoms with van der Waals surface area (Å²) in [5, 5.41) is 3.13. The molecule has 2 saturated carbocycles. The number of hydrogen-bond donors (Lipinski definition) is 0. The van der Waals surface area contributed by atoms with Gasteiger partial charge in [0, 0.05) is 44.2 Å². The number of thiazole rings is 1. The first-order chi connectivity index (χ1) is 10.8. The summed E-state index contributed by atoms with van der Waals surface area (Å²) in [7, 11) is 0. The zero-order chi connectivity index (χ0) is 14.9. The van der Waals surface area contributed by atoms with Crippen molar-refractivity contribution in [2.24, 2.45) is 17.8 Å². The van der Waals surface area contributed by atoms with Crippen LogP contribution < -0.4 is 4.90 Å². The maximum atomic E-state index is 12.7. The SMILES string of the molecule is O=C(CC1CC2CCC1C2)N1CCCN(c2nccs2)CC1. The van der Waals surface area contributed by atoms with Crippen LogP contribution in [0.25, 0.3) is 0 Å². The Morgan fingerprint density at radius 1 is 1.23 bits per heavy atom. The van der Waals surface area contributed by atoms with E-state index in [-0.39, 0.29) is 0 Å². The fourth-order valence-electron chi connectivity index (χ4n) is 4.71. The van der Waals surface area contributed by atoms with Crippen LogP contribution in [-0.2, 0) is 4.79 Å². The molecule has 4 nitrogen and oxygen atoms in total. The molecular formula is C17H25N3OS. The summed E-state index contributed by atoms with van der Waals surface area (Å²) in [6.45, 7) is 3.72. The molecule has 5 heteroatoms. The highest BCUT2D eigenvalue weighted by Crippen LogP contribution is 2.49. The van der Waals surface area contributed by atoms with E-state index < -0.39 is 0 Å². The number of aromatic nitrogens is 1. The van der Waals surface area contributed by atoms with Gasteiger partial charge in [-0.2, -0.15) is 0 Å². The van der Waals surface area contributed by atoms with Gasteiger partial charge in [-0.1, -0.05) is 6.42 Å². The molecule has 1 aromatic rings. The average molecular weight is 319 g/mol. The summed E-state index contributed by atoms with van der Waals surface area (Å²) in [4.78, 5) is 21.5. The minimum Gasteiger partial charge on any atom is -0.346 e. The summed E-state index contributed by atoms with van der Waals surface area (Å²) < 4.78 is 0. The summed E-state index contributed by atoms with van der Waals surface area (Å²) in [6, 6.07) is 0. The highest BCUT2D eigenvalue weighted by atomic mass is 32.1. The standard InChI is InChI=1S/C17H25N3OS/c21-16(12-15-11-13-2-3-14(15)10-13)19-5-1-6-20(8-7-19)17-18-4-9-22-17/h4,9,13-15H,1-3,5-8,10-12H2. The second-order valence-electron chi connectivity index (χ2n) is 7.18. The molecule has 3 unspecified atom stereocenters. The van der Waals surface area contributed by atoms with Gasteiger partial charge in [-0.25, -0.2) is 4.98 Å². The van der Waals surface area contributed by atoms with Crippen molar-refractivity contribution >= 4 is 22.4 Å². The van der Waals surface area contributed by atoms with E-state index in [4.69, 9.17) is 0 Å². The molecule has 1 aromatic heterocycles. The highest BCUT2D eigenvalue weighted by Gasteiger charge is 2.40. The van der Waals surface area contributed by atoms with Crippen molar-refractivity contribution in [3.8, 4) is 0 Å². The van der Waals surface area contributed by atoms with Gasteiger partial charge < -0.3 is 9.80 Å². The van der Waals surface area contributed by atoms with Crippen LogP contribution in [0.5, 0.6) is 0 Å². The molecule has 1 amide bonds. The van der Waals surface area contributed by atoms with E-state index in [1.54, 1.807) is 11.3 Å². The topological polar surface area (TPSA) is 36.4 Å². The molecule has 3 aliphatic rings. The van der Waals surface area contributed by atoms with Crippen molar-refractivity contribution in [1.29, 1.82) is 0 Å². The summed E-state index contributed by atoms with van der Waals surface area (Å²) in [5.74, 6) is 2.88. The Kier molecular flexibility index (Phi) is 4.07. The number of rotatable bonds is 3. The van der Waals surface area contributed by atoms with Crippen molar-refractivity contribution in [3.63, 3.8) is 0 Å². The van der Waals surface area contributed by atoms with Crippen LogP contribution in [-0.4, -0.2) is 42.0 Å². The van der Waals surface area contributed by atoms with E-state index in [0.29, 0.717) is 11.8 Å². The number of nitrogens with zero attached hydrogens (tertiary/aromatic N) is 3. The van der Waals surface area contributed by atoms with Crippen molar-refractivity contribution in [2.75, 3.05) is 31.1 Å². The zero-order valence-corrected chi connectivity index (χ0v) is 13.9. The van der Waals surface area contributed by atoms with Crippen molar-refractivity contribution < 1.29 is 4.79 Å². The van der Waals surface area contributed by atoms with Crippen molar-refractivity contribution in [2.45, 2.75) is 38.5 Å². The third kappa shape index (κ3) is 2.87. The minimum absolute atomic E-state index is 0.401. The Hall–Kier alpha value is -1.10.